The second-order valence-electron chi connectivity index (χ2n) is 4.35. The quantitative estimate of drug-likeness (QED) is 0.805. The molecule has 0 aromatic heterocycles. The summed E-state index contributed by atoms with van der Waals surface area (Å²) in [4.78, 5) is 11.7. The van der Waals surface area contributed by atoms with E-state index < -0.39 is 0 Å². The minimum Gasteiger partial charge on any atom is -0.352 e. The molecule has 1 amide bonds. The van der Waals surface area contributed by atoms with Crippen molar-refractivity contribution in [2.24, 2.45) is 5.92 Å². The average molecular weight is 238 g/mol. The Morgan fingerprint density at radius 3 is 2.69 bits per heavy atom. The van der Waals surface area contributed by atoms with Crippen LogP contribution in [0.25, 0.3) is 0 Å². The highest BCUT2D eigenvalue weighted by atomic mass is 35.5. The molecule has 1 aromatic rings. The summed E-state index contributed by atoms with van der Waals surface area (Å²) in [5, 5.41) is 3.27. The Morgan fingerprint density at radius 1 is 1.31 bits per heavy atom. The first-order valence-electron chi connectivity index (χ1n) is 5.73. The second kappa shape index (κ2) is 5.35. The van der Waals surface area contributed by atoms with Gasteiger partial charge in [0, 0.05) is 17.5 Å². The number of carbonyl (C=O) groups is 1. The lowest BCUT2D eigenvalue weighted by molar-refractivity contribution is 0.0947. The highest BCUT2D eigenvalue weighted by Crippen LogP contribution is 2.28. The molecule has 3 heteroatoms. The van der Waals surface area contributed by atoms with E-state index in [1.54, 1.807) is 0 Å². The summed E-state index contributed by atoms with van der Waals surface area (Å²) in [6, 6.07) is 9.31. The Morgan fingerprint density at radius 2 is 2.06 bits per heavy atom. The van der Waals surface area contributed by atoms with Gasteiger partial charge in [-0.2, -0.15) is 0 Å². The Bertz CT molecular complexity index is 352. The van der Waals surface area contributed by atoms with Gasteiger partial charge >= 0.3 is 0 Å². The van der Waals surface area contributed by atoms with Crippen LogP contribution in [-0.4, -0.2) is 17.8 Å². The molecule has 2 nitrogen and oxygen atoms in total. The zero-order valence-electron chi connectivity index (χ0n) is 9.16. The van der Waals surface area contributed by atoms with E-state index in [4.69, 9.17) is 11.6 Å². The molecule has 1 aliphatic carbocycles. The molecule has 86 valence electrons. The van der Waals surface area contributed by atoms with Crippen LogP contribution in [0.1, 0.15) is 29.6 Å². The molecule has 2 atom stereocenters. The standard InChI is InChI=1S/C13H16ClNO/c14-12-7-6-10(8-12)9-15-13(16)11-4-2-1-3-5-11/h1-5,10,12H,6-9H2,(H,15,16). The van der Waals surface area contributed by atoms with Gasteiger partial charge in [0.05, 0.1) is 0 Å². The summed E-state index contributed by atoms with van der Waals surface area (Å²) in [5.41, 5.74) is 0.725. The summed E-state index contributed by atoms with van der Waals surface area (Å²) in [6.07, 6.45) is 3.23. The van der Waals surface area contributed by atoms with Crippen LogP contribution in [0.2, 0.25) is 0 Å². The number of rotatable bonds is 3. The summed E-state index contributed by atoms with van der Waals surface area (Å²) in [7, 11) is 0. The monoisotopic (exact) mass is 237 g/mol. The van der Waals surface area contributed by atoms with Gasteiger partial charge < -0.3 is 5.32 Å². The van der Waals surface area contributed by atoms with Gasteiger partial charge in [0.25, 0.3) is 5.91 Å². The number of halogens is 1. The van der Waals surface area contributed by atoms with Crippen molar-refractivity contribution in [1.29, 1.82) is 0 Å². The average Bonchev–Trinajstić information content (AvgIpc) is 2.73. The third kappa shape index (κ3) is 2.99. The molecule has 0 saturated heterocycles. The largest absolute Gasteiger partial charge is 0.352 e. The normalized spacial score (nSPS) is 24.3. The number of benzene rings is 1. The zero-order valence-corrected chi connectivity index (χ0v) is 9.91. The lowest BCUT2D eigenvalue weighted by Crippen LogP contribution is -2.28. The van der Waals surface area contributed by atoms with Crippen molar-refractivity contribution in [2.45, 2.75) is 24.6 Å². The number of hydrogen-bond acceptors (Lipinski definition) is 1. The fourth-order valence-electron chi connectivity index (χ4n) is 2.13. The lowest BCUT2D eigenvalue weighted by Gasteiger charge is -2.10. The summed E-state index contributed by atoms with van der Waals surface area (Å²) in [6.45, 7) is 0.747. The van der Waals surface area contributed by atoms with Gasteiger partial charge in [-0.25, -0.2) is 0 Å². The van der Waals surface area contributed by atoms with Crippen molar-refractivity contribution in [3.63, 3.8) is 0 Å². The Hall–Kier alpha value is -1.02. The number of carbonyl (C=O) groups excluding carboxylic acids is 1. The highest BCUT2D eigenvalue weighted by molar-refractivity contribution is 6.20. The van der Waals surface area contributed by atoms with E-state index in [1.165, 1.54) is 0 Å². The number of nitrogens with one attached hydrogen (secondary N) is 1. The van der Waals surface area contributed by atoms with Gasteiger partial charge in [-0.05, 0) is 37.3 Å². The van der Waals surface area contributed by atoms with Crippen molar-refractivity contribution in [1.82, 2.24) is 5.32 Å². The van der Waals surface area contributed by atoms with Gasteiger partial charge in [0.1, 0.15) is 0 Å². The van der Waals surface area contributed by atoms with Crippen LogP contribution in [0.15, 0.2) is 30.3 Å². The predicted molar refractivity (Wildman–Crippen MR) is 65.8 cm³/mol. The van der Waals surface area contributed by atoms with Crippen LogP contribution in [0, 0.1) is 5.92 Å². The van der Waals surface area contributed by atoms with Crippen LogP contribution in [-0.2, 0) is 0 Å². The third-order valence-electron chi connectivity index (χ3n) is 3.06. The zero-order chi connectivity index (χ0) is 11.4. The van der Waals surface area contributed by atoms with E-state index in [2.05, 4.69) is 5.32 Å². The Labute approximate surface area is 101 Å². The summed E-state index contributed by atoms with van der Waals surface area (Å²) < 4.78 is 0. The first-order chi connectivity index (χ1) is 7.75. The van der Waals surface area contributed by atoms with E-state index in [0.29, 0.717) is 11.3 Å². The number of alkyl halides is 1. The minimum atomic E-state index is 0.0126. The van der Waals surface area contributed by atoms with E-state index in [9.17, 15) is 4.79 Å². The highest BCUT2D eigenvalue weighted by Gasteiger charge is 2.23. The van der Waals surface area contributed by atoms with Gasteiger partial charge in [-0.1, -0.05) is 18.2 Å². The molecule has 1 aliphatic rings. The van der Waals surface area contributed by atoms with E-state index >= 15 is 0 Å². The Balaban J connectivity index is 1.80. The van der Waals surface area contributed by atoms with Crippen LogP contribution >= 0.6 is 11.6 Å². The van der Waals surface area contributed by atoms with Crippen molar-refractivity contribution >= 4 is 17.5 Å². The summed E-state index contributed by atoms with van der Waals surface area (Å²) in [5.74, 6) is 0.564. The molecule has 1 saturated carbocycles. The van der Waals surface area contributed by atoms with E-state index in [0.717, 1.165) is 31.4 Å². The maximum Gasteiger partial charge on any atom is 0.251 e. The maximum atomic E-state index is 11.7. The van der Waals surface area contributed by atoms with Crippen molar-refractivity contribution in [3.8, 4) is 0 Å². The van der Waals surface area contributed by atoms with E-state index in [-0.39, 0.29) is 5.91 Å². The molecule has 0 spiro atoms. The van der Waals surface area contributed by atoms with Crippen LogP contribution in [0.5, 0.6) is 0 Å². The van der Waals surface area contributed by atoms with Crippen LogP contribution < -0.4 is 5.32 Å². The molecule has 0 radical (unpaired) electrons. The van der Waals surface area contributed by atoms with E-state index in [1.807, 2.05) is 30.3 Å². The fraction of sp³-hybridized carbons (Fsp3) is 0.462. The molecule has 2 rings (SSSR count). The first kappa shape index (κ1) is 11.5. The molecule has 0 bridgehead atoms. The minimum absolute atomic E-state index is 0.0126. The molecule has 1 aromatic carbocycles. The third-order valence-corrected chi connectivity index (χ3v) is 3.46. The number of amides is 1. The smallest absolute Gasteiger partial charge is 0.251 e. The van der Waals surface area contributed by atoms with Gasteiger partial charge in [-0.3, -0.25) is 4.79 Å². The van der Waals surface area contributed by atoms with Crippen LogP contribution in [0.4, 0.5) is 0 Å². The molecular formula is C13H16ClNO. The Kier molecular flexibility index (Phi) is 3.83. The van der Waals surface area contributed by atoms with Crippen molar-refractivity contribution in [3.05, 3.63) is 35.9 Å². The van der Waals surface area contributed by atoms with Gasteiger partial charge in [-0.15, -0.1) is 11.6 Å². The summed E-state index contributed by atoms with van der Waals surface area (Å²) >= 11 is 6.03. The number of hydrogen-bond donors (Lipinski definition) is 1. The molecular weight excluding hydrogens is 222 g/mol. The molecule has 1 N–H and O–H groups in total. The molecule has 0 aliphatic heterocycles. The molecule has 1 fully saturated rings. The molecule has 0 heterocycles. The molecule has 16 heavy (non-hydrogen) atoms. The van der Waals surface area contributed by atoms with Gasteiger partial charge in [0.15, 0.2) is 0 Å². The lowest BCUT2D eigenvalue weighted by atomic mass is 10.1. The van der Waals surface area contributed by atoms with Crippen LogP contribution in [0.3, 0.4) is 0 Å². The first-order valence-corrected chi connectivity index (χ1v) is 6.16. The topological polar surface area (TPSA) is 29.1 Å². The fourth-order valence-corrected chi connectivity index (χ4v) is 2.51. The van der Waals surface area contributed by atoms with Gasteiger partial charge in [0.2, 0.25) is 0 Å². The molecule has 2 unspecified atom stereocenters. The SMILES string of the molecule is O=C(NCC1CCC(Cl)C1)c1ccccc1. The second-order valence-corrected chi connectivity index (χ2v) is 4.97. The van der Waals surface area contributed by atoms with Crippen molar-refractivity contribution in [2.75, 3.05) is 6.54 Å². The van der Waals surface area contributed by atoms with Crippen molar-refractivity contribution < 1.29 is 4.79 Å². The maximum absolute atomic E-state index is 11.7. The predicted octanol–water partition coefficient (Wildman–Crippen LogP) is 2.82.